The standard InChI is InChI=1S/C16H10N4O/c1-3-13-15(19-7-5-17-13)9-11(1)21-12-2-4-14-16(10-12)20-8-6-18-14/h1-10H. The molecule has 0 aliphatic rings. The summed E-state index contributed by atoms with van der Waals surface area (Å²) in [6.45, 7) is 0. The third kappa shape index (κ3) is 2.25. The summed E-state index contributed by atoms with van der Waals surface area (Å²) in [6.07, 6.45) is 6.67. The first-order valence-corrected chi connectivity index (χ1v) is 6.48. The SMILES string of the molecule is c1cnc2cc(Oc3ccc4nccnc4c3)ccc2n1. The highest BCUT2D eigenvalue weighted by molar-refractivity contribution is 5.77. The molecule has 0 N–H and O–H groups in total. The number of rotatable bonds is 2. The number of hydrogen-bond acceptors (Lipinski definition) is 5. The lowest BCUT2D eigenvalue weighted by Gasteiger charge is -2.07. The molecular weight excluding hydrogens is 264 g/mol. The molecule has 0 amide bonds. The molecular formula is C16H10N4O. The molecule has 0 fully saturated rings. The topological polar surface area (TPSA) is 60.8 Å². The van der Waals surface area contributed by atoms with Crippen molar-refractivity contribution in [1.82, 2.24) is 19.9 Å². The maximum atomic E-state index is 5.86. The van der Waals surface area contributed by atoms with Crippen LogP contribution in [0.1, 0.15) is 0 Å². The minimum Gasteiger partial charge on any atom is -0.457 e. The predicted octanol–water partition coefficient (Wildman–Crippen LogP) is 3.37. The zero-order chi connectivity index (χ0) is 14.1. The second kappa shape index (κ2) is 4.79. The molecule has 21 heavy (non-hydrogen) atoms. The maximum absolute atomic E-state index is 5.86. The van der Waals surface area contributed by atoms with E-state index in [0.717, 1.165) is 22.1 Å². The van der Waals surface area contributed by atoms with Gasteiger partial charge >= 0.3 is 0 Å². The van der Waals surface area contributed by atoms with Crippen molar-refractivity contribution in [2.75, 3.05) is 0 Å². The van der Waals surface area contributed by atoms with Crippen molar-refractivity contribution >= 4 is 22.1 Å². The minimum atomic E-state index is 0.714. The predicted molar refractivity (Wildman–Crippen MR) is 79.2 cm³/mol. The van der Waals surface area contributed by atoms with Crippen LogP contribution in [0, 0.1) is 0 Å². The number of hydrogen-bond donors (Lipinski definition) is 0. The molecule has 0 aliphatic carbocycles. The summed E-state index contributed by atoms with van der Waals surface area (Å²) in [7, 11) is 0. The molecule has 2 heterocycles. The van der Waals surface area contributed by atoms with Crippen molar-refractivity contribution in [3.05, 3.63) is 61.2 Å². The Morgan fingerprint density at radius 1 is 0.524 bits per heavy atom. The molecule has 0 spiro atoms. The van der Waals surface area contributed by atoms with E-state index in [9.17, 15) is 0 Å². The summed E-state index contributed by atoms with van der Waals surface area (Å²) in [5.41, 5.74) is 3.29. The summed E-state index contributed by atoms with van der Waals surface area (Å²) < 4.78 is 5.86. The van der Waals surface area contributed by atoms with Crippen molar-refractivity contribution in [1.29, 1.82) is 0 Å². The van der Waals surface area contributed by atoms with E-state index in [4.69, 9.17) is 4.74 Å². The fourth-order valence-electron chi connectivity index (χ4n) is 2.15. The molecule has 5 nitrogen and oxygen atoms in total. The molecule has 4 rings (SSSR count). The molecule has 0 atom stereocenters. The molecule has 0 saturated heterocycles. The van der Waals surface area contributed by atoms with Crippen LogP contribution in [-0.2, 0) is 0 Å². The van der Waals surface area contributed by atoms with Gasteiger partial charge in [0.25, 0.3) is 0 Å². The first kappa shape index (κ1) is 11.7. The highest BCUT2D eigenvalue weighted by atomic mass is 16.5. The lowest BCUT2D eigenvalue weighted by molar-refractivity contribution is 0.484. The fourth-order valence-corrected chi connectivity index (χ4v) is 2.15. The van der Waals surface area contributed by atoms with Crippen molar-refractivity contribution in [3.8, 4) is 11.5 Å². The van der Waals surface area contributed by atoms with Gasteiger partial charge in [-0.1, -0.05) is 0 Å². The van der Waals surface area contributed by atoms with Crippen molar-refractivity contribution in [2.24, 2.45) is 0 Å². The summed E-state index contributed by atoms with van der Waals surface area (Å²) >= 11 is 0. The smallest absolute Gasteiger partial charge is 0.129 e. The summed E-state index contributed by atoms with van der Waals surface area (Å²) in [4.78, 5) is 17.0. The van der Waals surface area contributed by atoms with Crippen LogP contribution >= 0.6 is 0 Å². The third-order valence-corrected chi connectivity index (χ3v) is 3.12. The van der Waals surface area contributed by atoms with E-state index in [1.807, 2.05) is 36.4 Å². The molecule has 100 valence electrons. The van der Waals surface area contributed by atoms with Crippen LogP contribution in [0.15, 0.2) is 61.2 Å². The van der Waals surface area contributed by atoms with Gasteiger partial charge in [0.2, 0.25) is 0 Å². The molecule has 2 aromatic heterocycles. The quantitative estimate of drug-likeness (QED) is 0.561. The number of benzene rings is 2. The van der Waals surface area contributed by atoms with Gasteiger partial charge in [-0.15, -0.1) is 0 Å². The molecule has 4 aromatic rings. The zero-order valence-corrected chi connectivity index (χ0v) is 11.0. The second-order valence-electron chi connectivity index (χ2n) is 4.52. The van der Waals surface area contributed by atoms with Gasteiger partial charge in [0.1, 0.15) is 11.5 Å². The van der Waals surface area contributed by atoms with Crippen LogP contribution in [0.4, 0.5) is 0 Å². The highest BCUT2D eigenvalue weighted by Crippen LogP contribution is 2.25. The average molecular weight is 274 g/mol. The normalized spacial score (nSPS) is 10.9. The van der Waals surface area contributed by atoms with E-state index < -0.39 is 0 Å². The van der Waals surface area contributed by atoms with Gasteiger partial charge in [-0.3, -0.25) is 19.9 Å². The van der Waals surface area contributed by atoms with Gasteiger partial charge < -0.3 is 4.74 Å². The molecule has 0 saturated carbocycles. The van der Waals surface area contributed by atoms with E-state index >= 15 is 0 Å². The Hall–Kier alpha value is -3.08. The Morgan fingerprint density at radius 2 is 0.952 bits per heavy atom. The minimum absolute atomic E-state index is 0.714. The summed E-state index contributed by atoms with van der Waals surface area (Å²) in [5, 5.41) is 0. The molecule has 0 bridgehead atoms. The molecule has 0 unspecified atom stereocenters. The first-order valence-electron chi connectivity index (χ1n) is 6.48. The van der Waals surface area contributed by atoms with Crippen molar-refractivity contribution < 1.29 is 4.74 Å². The number of nitrogens with zero attached hydrogens (tertiary/aromatic N) is 4. The zero-order valence-electron chi connectivity index (χ0n) is 11.0. The number of aromatic nitrogens is 4. The highest BCUT2D eigenvalue weighted by Gasteiger charge is 2.03. The Kier molecular flexibility index (Phi) is 2.67. The lowest BCUT2D eigenvalue weighted by atomic mass is 10.2. The van der Waals surface area contributed by atoms with Crippen LogP contribution in [0.2, 0.25) is 0 Å². The van der Waals surface area contributed by atoms with Gasteiger partial charge in [0.05, 0.1) is 22.1 Å². The van der Waals surface area contributed by atoms with Crippen LogP contribution in [0.25, 0.3) is 22.1 Å². The van der Waals surface area contributed by atoms with Gasteiger partial charge in [0.15, 0.2) is 0 Å². The van der Waals surface area contributed by atoms with Crippen molar-refractivity contribution in [3.63, 3.8) is 0 Å². The fraction of sp³-hybridized carbons (Fsp3) is 0. The van der Waals surface area contributed by atoms with E-state index in [2.05, 4.69) is 19.9 Å². The number of ether oxygens (including phenoxy) is 1. The largest absolute Gasteiger partial charge is 0.457 e. The first-order chi connectivity index (χ1) is 10.4. The third-order valence-electron chi connectivity index (χ3n) is 3.12. The molecule has 0 aliphatic heterocycles. The number of fused-ring (bicyclic) bond motifs is 2. The Balaban J connectivity index is 1.71. The molecule has 5 heteroatoms. The van der Waals surface area contributed by atoms with Gasteiger partial charge in [-0.2, -0.15) is 0 Å². The Bertz CT molecular complexity index is 862. The Morgan fingerprint density at radius 3 is 1.43 bits per heavy atom. The van der Waals surface area contributed by atoms with E-state index in [-0.39, 0.29) is 0 Å². The molecule has 0 radical (unpaired) electrons. The lowest BCUT2D eigenvalue weighted by Crippen LogP contribution is -1.88. The van der Waals surface area contributed by atoms with Crippen LogP contribution in [-0.4, -0.2) is 19.9 Å². The maximum Gasteiger partial charge on any atom is 0.129 e. The van der Waals surface area contributed by atoms with Crippen LogP contribution in [0.3, 0.4) is 0 Å². The monoisotopic (exact) mass is 274 g/mol. The summed E-state index contributed by atoms with van der Waals surface area (Å²) in [6, 6.07) is 11.2. The van der Waals surface area contributed by atoms with Gasteiger partial charge in [-0.05, 0) is 24.3 Å². The van der Waals surface area contributed by atoms with Gasteiger partial charge in [-0.25, -0.2) is 0 Å². The van der Waals surface area contributed by atoms with E-state index in [0.29, 0.717) is 11.5 Å². The second-order valence-corrected chi connectivity index (χ2v) is 4.52. The summed E-state index contributed by atoms with van der Waals surface area (Å²) in [5.74, 6) is 1.43. The van der Waals surface area contributed by atoms with Crippen molar-refractivity contribution in [2.45, 2.75) is 0 Å². The van der Waals surface area contributed by atoms with Crippen LogP contribution in [0.5, 0.6) is 11.5 Å². The molecule has 2 aromatic carbocycles. The van der Waals surface area contributed by atoms with Crippen LogP contribution < -0.4 is 4.74 Å². The average Bonchev–Trinajstić information content (AvgIpc) is 2.55. The van der Waals surface area contributed by atoms with E-state index in [1.165, 1.54) is 0 Å². The Labute approximate surface area is 120 Å². The van der Waals surface area contributed by atoms with E-state index in [1.54, 1.807) is 24.8 Å². The van der Waals surface area contributed by atoms with Gasteiger partial charge in [0, 0.05) is 36.9 Å².